The molecule has 1 rings (SSSR count). The number of halogens is 3. The van der Waals surface area contributed by atoms with Crippen LogP contribution in [-0.2, 0) is 0 Å². The predicted molar refractivity (Wildman–Crippen MR) is 48.9 cm³/mol. The van der Waals surface area contributed by atoms with E-state index in [4.69, 9.17) is 33.2 Å². The highest BCUT2D eigenvalue weighted by molar-refractivity contribution is 7.54. The van der Waals surface area contributed by atoms with Crippen LogP contribution in [0.5, 0.6) is 0 Å². The summed E-state index contributed by atoms with van der Waals surface area (Å²) in [6.07, 6.45) is 3.50. The van der Waals surface area contributed by atoms with Crippen molar-refractivity contribution in [1.82, 2.24) is 4.98 Å². The van der Waals surface area contributed by atoms with Crippen LogP contribution in [0.25, 0.3) is 0 Å². The Labute approximate surface area is 75.7 Å². The van der Waals surface area contributed by atoms with Crippen molar-refractivity contribution in [2.24, 2.45) is 0 Å². The van der Waals surface area contributed by atoms with Gasteiger partial charge in [-0.05, 0) is 12.1 Å². The molecule has 56 valence electrons. The second-order valence-electron chi connectivity index (χ2n) is 1.27. The molecule has 0 spiro atoms. The van der Waals surface area contributed by atoms with Gasteiger partial charge in [0.1, 0.15) is 0 Å². The monoisotopic (exact) mass is 213 g/mol. The fourth-order valence-corrected chi connectivity index (χ4v) is 0.313. The Morgan fingerprint density at radius 3 is 1.40 bits per heavy atom. The Kier molecular flexibility index (Phi) is 7.52. The Morgan fingerprint density at radius 1 is 0.900 bits per heavy atom. The molecular formula is C5H6Cl3NSi. The molecular weight excluding hydrogens is 209 g/mol. The van der Waals surface area contributed by atoms with E-state index in [1.807, 2.05) is 18.2 Å². The SMILES string of the molecule is Cl[SiH](Cl)Cl.c1ccncc1. The lowest BCUT2D eigenvalue weighted by atomic mass is 10.5. The molecule has 0 N–H and O–H groups in total. The third-order valence-corrected chi connectivity index (χ3v) is 0.566. The van der Waals surface area contributed by atoms with Gasteiger partial charge in [0.15, 0.2) is 0 Å². The molecule has 1 aromatic heterocycles. The highest BCUT2D eigenvalue weighted by Crippen LogP contribution is 1.97. The maximum absolute atomic E-state index is 4.94. The van der Waals surface area contributed by atoms with E-state index >= 15 is 0 Å². The molecule has 1 nitrogen and oxygen atoms in total. The largest absolute Gasteiger partial charge is 0.326 e. The molecule has 0 aromatic carbocycles. The number of rotatable bonds is 0. The van der Waals surface area contributed by atoms with Crippen molar-refractivity contribution in [3.8, 4) is 0 Å². The summed E-state index contributed by atoms with van der Waals surface area (Å²) in [5, 5.41) is 0. The quantitative estimate of drug-likeness (QED) is 0.478. The van der Waals surface area contributed by atoms with Gasteiger partial charge in [0, 0.05) is 12.4 Å². The molecule has 1 aromatic rings. The summed E-state index contributed by atoms with van der Waals surface area (Å²) in [5.74, 6) is 0. The first-order valence-electron chi connectivity index (χ1n) is 2.50. The number of hydrogen-bond donors (Lipinski definition) is 0. The predicted octanol–water partition coefficient (Wildman–Crippen LogP) is 2.50. The van der Waals surface area contributed by atoms with E-state index in [1.54, 1.807) is 12.4 Å². The van der Waals surface area contributed by atoms with E-state index in [0.29, 0.717) is 0 Å². The normalized spacial score (nSPS) is 8.40. The van der Waals surface area contributed by atoms with Crippen LogP contribution in [0.1, 0.15) is 0 Å². The van der Waals surface area contributed by atoms with Gasteiger partial charge in [-0.15, -0.1) is 33.2 Å². The molecule has 0 aliphatic carbocycles. The fourth-order valence-electron chi connectivity index (χ4n) is 0.313. The lowest BCUT2D eigenvalue weighted by Gasteiger charge is -1.70. The second-order valence-corrected chi connectivity index (χ2v) is 7.71. The summed E-state index contributed by atoms with van der Waals surface area (Å²) in [7, 11) is 0. The van der Waals surface area contributed by atoms with Gasteiger partial charge in [-0.1, -0.05) is 6.07 Å². The zero-order valence-corrected chi connectivity index (χ0v) is 8.47. The van der Waals surface area contributed by atoms with Gasteiger partial charge in [-0.3, -0.25) is 4.98 Å². The van der Waals surface area contributed by atoms with Crippen molar-refractivity contribution in [2.45, 2.75) is 0 Å². The van der Waals surface area contributed by atoms with Crippen molar-refractivity contribution in [1.29, 1.82) is 0 Å². The molecule has 0 aliphatic heterocycles. The van der Waals surface area contributed by atoms with Crippen LogP contribution in [-0.4, -0.2) is 11.7 Å². The van der Waals surface area contributed by atoms with Crippen molar-refractivity contribution < 1.29 is 0 Å². The van der Waals surface area contributed by atoms with Crippen LogP contribution in [0, 0.1) is 0 Å². The highest BCUT2D eigenvalue weighted by Gasteiger charge is 1.85. The third kappa shape index (κ3) is 11.1. The van der Waals surface area contributed by atoms with Crippen LogP contribution in [0.3, 0.4) is 0 Å². The first-order valence-corrected chi connectivity index (χ1v) is 7.74. The van der Waals surface area contributed by atoms with Crippen LogP contribution < -0.4 is 0 Å². The molecule has 0 atom stereocenters. The first kappa shape index (κ1) is 10.2. The average Bonchev–Trinajstić information content (AvgIpc) is 1.90. The van der Waals surface area contributed by atoms with Gasteiger partial charge in [-0.2, -0.15) is 0 Å². The van der Waals surface area contributed by atoms with Gasteiger partial charge in [0.05, 0.1) is 0 Å². The fraction of sp³-hybridized carbons (Fsp3) is 0. The number of aromatic nitrogens is 1. The topological polar surface area (TPSA) is 12.9 Å². The lowest BCUT2D eigenvalue weighted by Crippen LogP contribution is -1.66. The zero-order valence-electron chi connectivity index (χ0n) is 5.05. The Morgan fingerprint density at radius 2 is 1.30 bits per heavy atom. The molecule has 1 heterocycles. The summed E-state index contributed by atoms with van der Waals surface area (Å²) in [6.45, 7) is -1.72. The Hall–Kier alpha value is 0.237. The summed E-state index contributed by atoms with van der Waals surface area (Å²) in [5.41, 5.74) is 0. The molecule has 0 fully saturated rings. The molecule has 0 unspecified atom stereocenters. The van der Waals surface area contributed by atoms with Gasteiger partial charge >= 0.3 is 6.73 Å². The zero-order chi connectivity index (χ0) is 7.82. The maximum atomic E-state index is 4.94. The summed E-state index contributed by atoms with van der Waals surface area (Å²) in [6, 6.07) is 5.72. The third-order valence-electron chi connectivity index (χ3n) is 0.566. The van der Waals surface area contributed by atoms with E-state index in [9.17, 15) is 0 Å². The minimum Gasteiger partial charge on any atom is -0.265 e. The molecule has 0 saturated carbocycles. The maximum Gasteiger partial charge on any atom is 0.326 e. The van der Waals surface area contributed by atoms with Crippen molar-refractivity contribution in [2.75, 3.05) is 0 Å². The molecule has 5 heteroatoms. The minimum absolute atomic E-state index is 1.72. The van der Waals surface area contributed by atoms with E-state index in [-0.39, 0.29) is 0 Å². The second kappa shape index (κ2) is 7.35. The van der Waals surface area contributed by atoms with E-state index in [0.717, 1.165) is 0 Å². The number of hydrogen-bond acceptors (Lipinski definition) is 1. The van der Waals surface area contributed by atoms with Crippen LogP contribution in [0.4, 0.5) is 0 Å². The lowest BCUT2D eigenvalue weighted by molar-refractivity contribution is 1.33. The van der Waals surface area contributed by atoms with Gasteiger partial charge in [-0.25, -0.2) is 0 Å². The van der Waals surface area contributed by atoms with E-state index in [1.165, 1.54) is 0 Å². The number of pyridine rings is 1. The van der Waals surface area contributed by atoms with Crippen molar-refractivity contribution in [3.05, 3.63) is 30.6 Å². The van der Waals surface area contributed by atoms with Crippen LogP contribution in [0.2, 0.25) is 0 Å². The van der Waals surface area contributed by atoms with Crippen LogP contribution in [0.15, 0.2) is 30.6 Å². The van der Waals surface area contributed by atoms with Gasteiger partial charge < -0.3 is 0 Å². The standard InChI is InChI=1S/C5H5N.Cl3HSi/c1-2-4-6-5-3-1;1-4(2)3/h1-5H;4H. The smallest absolute Gasteiger partial charge is 0.265 e. The van der Waals surface area contributed by atoms with Crippen molar-refractivity contribution in [3.63, 3.8) is 0 Å². The summed E-state index contributed by atoms with van der Waals surface area (Å²) >= 11 is 14.8. The first-order chi connectivity index (χ1) is 4.73. The Balaban J connectivity index is 0.000000180. The van der Waals surface area contributed by atoms with Gasteiger partial charge in [0.25, 0.3) is 0 Å². The van der Waals surface area contributed by atoms with E-state index < -0.39 is 6.73 Å². The average molecular weight is 215 g/mol. The summed E-state index contributed by atoms with van der Waals surface area (Å²) < 4.78 is 0. The van der Waals surface area contributed by atoms with E-state index in [2.05, 4.69) is 4.98 Å². The molecule has 0 amide bonds. The Bertz CT molecular complexity index is 117. The molecule has 10 heavy (non-hydrogen) atoms. The minimum atomic E-state index is -1.72. The van der Waals surface area contributed by atoms with Crippen LogP contribution >= 0.6 is 33.2 Å². The van der Waals surface area contributed by atoms with Crippen molar-refractivity contribution >= 4 is 40.0 Å². The van der Waals surface area contributed by atoms with Gasteiger partial charge in [0.2, 0.25) is 0 Å². The molecule has 0 bridgehead atoms. The highest BCUT2D eigenvalue weighted by atomic mass is 35.8. The molecule has 0 saturated heterocycles. The number of nitrogens with zero attached hydrogens (tertiary/aromatic N) is 1. The summed E-state index contributed by atoms with van der Waals surface area (Å²) in [4.78, 5) is 3.78. The molecule has 0 aliphatic rings. The molecule has 0 radical (unpaired) electrons.